The van der Waals surface area contributed by atoms with E-state index in [1.54, 1.807) is 53.0 Å². The molecule has 0 radical (unpaired) electrons. The third-order valence-corrected chi connectivity index (χ3v) is 25.7. The van der Waals surface area contributed by atoms with Gasteiger partial charge < -0.3 is 60.9 Å². The van der Waals surface area contributed by atoms with Gasteiger partial charge in [-0.3, -0.25) is 67.9 Å². The molecule has 13 heterocycles. The van der Waals surface area contributed by atoms with Gasteiger partial charge in [0, 0.05) is 128 Å². The van der Waals surface area contributed by atoms with Gasteiger partial charge in [-0.2, -0.15) is 0 Å². The topological polar surface area (TPSA) is 351 Å². The third-order valence-electron chi connectivity index (χ3n) is 25.7. The average molecular weight is 1570 g/mol. The molecule has 3 unspecified atom stereocenters. The zero-order valence-electron chi connectivity index (χ0n) is 65.4. The molecule has 32 heteroatoms. The molecule has 5 atom stereocenters. The van der Waals surface area contributed by atoms with E-state index in [1.165, 1.54) is 15.7 Å². The Kier molecular flexibility index (Phi) is 21.3. The number of urea groups is 1. The minimum atomic E-state index is -1.01. The van der Waals surface area contributed by atoms with Crippen LogP contribution in [-0.4, -0.2) is 255 Å². The standard InChI is InChI=1S/C83H100N22O10/c1-94-37-39-100(40-38-94)67-43-86-73(76(89-67)88-57-12-8-53(9-13-57)55-27-32-98(33-28-55)46-51-24-36-101(47-51)58-14-16-61-62(41-58)81(113)105(80(61)112)65-19-21-71(107)93-78(65)110)79(111)91-69-49-95(2)82(114)103(69)60-5-4-29-102(48-60)68-44-85-72(74(84)108)75(90-68)87-56-10-6-52(7-11-56)54-25-30-97(31-26-54)45-50-22-34-99(35-23-50)59-15-17-63-66(42-59)96(3)83(115)104(63)64-18-20-70(106)92-77(64)109/h6-17,41-44,50-51,54-55,60,64-65,69H,4-5,18-40,45-49H2,1-3H3,(H2,84,108)(H,87,90)(H,88,89)(H,91,111)(H,92,106,109)(H,93,107,110)/t51-,60-,64?,65?,69?/m1/s1. The minimum absolute atomic E-state index is 0.000308. The number of primary amides is 1. The second-order valence-electron chi connectivity index (χ2n) is 33.0. The molecule has 7 N–H and O–H groups in total. The number of nitrogens with one attached hydrogen (secondary N) is 5. The van der Waals surface area contributed by atoms with Crippen molar-refractivity contribution in [1.82, 2.24) is 74.4 Å². The summed E-state index contributed by atoms with van der Waals surface area (Å²) in [6.45, 7) is 13.8. The fourth-order valence-corrected chi connectivity index (χ4v) is 19.1. The van der Waals surface area contributed by atoms with Crippen molar-refractivity contribution >= 4 is 110 Å². The Morgan fingerprint density at radius 1 is 0.513 bits per heavy atom. The number of anilines is 8. The molecular weight excluding hydrogens is 1470 g/mol. The number of likely N-dealkylation sites (tertiary alicyclic amines) is 2. The van der Waals surface area contributed by atoms with Crippen LogP contribution in [0.2, 0.25) is 0 Å². The van der Waals surface area contributed by atoms with Crippen LogP contribution < -0.4 is 57.6 Å². The van der Waals surface area contributed by atoms with Gasteiger partial charge in [-0.25, -0.2) is 29.5 Å². The van der Waals surface area contributed by atoms with E-state index < -0.39 is 59.6 Å². The largest absolute Gasteiger partial charge is 0.371 e. The fraction of sp³-hybridized carbons (Fsp3) is 0.494. The third kappa shape index (κ3) is 15.7. The number of hydrogen-bond acceptors (Lipinski definition) is 23. The van der Waals surface area contributed by atoms with E-state index in [9.17, 15) is 47.9 Å². The molecule has 4 aromatic carbocycles. The van der Waals surface area contributed by atoms with Crippen molar-refractivity contribution in [3.05, 3.63) is 141 Å². The molecule has 0 saturated carbocycles. The first kappa shape index (κ1) is 76.3. The van der Waals surface area contributed by atoms with E-state index in [0.29, 0.717) is 84.6 Å². The molecule has 602 valence electrons. The molecule has 32 nitrogen and oxygen atoms in total. The number of nitrogens with two attached hydrogens (primary N) is 1. The van der Waals surface area contributed by atoms with Crippen molar-refractivity contribution in [3.63, 3.8) is 0 Å². The number of aryl methyl sites for hydroxylation is 1. The van der Waals surface area contributed by atoms with Crippen molar-refractivity contribution < 1.29 is 43.2 Å². The lowest BCUT2D eigenvalue weighted by Gasteiger charge is -2.40. The summed E-state index contributed by atoms with van der Waals surface area (Å²) in [5.74, 6) is -0.562. The Morgan fingerprint density at radius 2 is 1.07 bits per heavy atom. The van der Waals surface area contributed by atoms with Crippen LogP contribution >= 0.6 is 0 Å². The van der Waals surface area contributed by atoms with Gasteiger partial charge in [-0.15, -0.1) is 0 Å². The number of carbonyl (C=O) groups is 9. The van der Waals surface area contributed by atoms with Gasteiger partial charge in [0.05, 0.1) is 47.1 Å². The van der Waals surface area contributed by atoms with Crippen LogP contribution in [0.25, 0.3) is 11.0 Å². The van der Waals surface area contributed by atoms with Crippen LogP contribution in [-0.2, 0) is 26.2 Å². The molecule has 0 bridgehead atoms. The maximum Gasteiger partial charge on any atom is 0.329 e. The predicted molar refractivity (Wildman–Crippen MR) is 432 cm³/mol. The second kappa shape index (κ2) is 32.1. The van der Waals surface area contributed by atoms with Crippen LogP contribution in [0.4, 0.5) is 50.8 Å². The summed E-state index contributed by atoms with van der Waals surface area (Å²) in [6, 6.07) is 25.7. The highest BCUT2D eigenvalue weighted by Crippen LogP contribution is 2.39. The van der Waals surface area contributed by atoms with E-state index in [1.807, 2.05) is 48.5 Å². The molecule has 9 saturated heterocycles. The van der Waals surface area contributed by atoms with Crippen molar-refractivity contribution in [3.8, 4) is 0 Å². The first-order valence-electron chi connectivity index (χ1n) is 40.8. The molecule has 0 aliphatic carbocycles. The number of benzene rings is 4. The van der Waals surface area contributed by atoms with Crippen LogP contribution in [0.5, 0.6) is 0 Å². The summed E-state index contributed by atoms with van der Waals surface area (Å²) in [5.41, 5.74) is 13.7. The molecule has 0 spiro atoms. The molecule has 10 aliphatic rings. The van der Waals surface area contributed by atoms with Gasteiger partial charge in [0.1, 0.15) is 29.9 Å². The Labute approximate surface area is 666 Å². The van der Waals surface area contributed by atoms with Gasteiger partial charge >= 0.3 is 11.7 Å². The summed E-state index contributed by atoms with van der Waals surface area (Å²) in [6.07, 6.45) is 11.7. The number of carbonyl (C=O) groups excluding carboxylic acids is 9. The normalized spacial score (nSPS) is 23.4. The van der Waals surface area contributed by atoms with E-state index in [2.05, 4.69) is 97.2 Å². The van der Waals surface area contributed by atoms with Crippen LogP contribution in [0, 0.1) is 11.8 Å². The number of nitrogens with zero attached hydrogens (tertiary/aromatic N) is 16. The number of imide groups is 3. The van der Waals surface area contributed by atoms with Gasteiger partial charge in [0.2, 0.25) is 23.6 Å². The smallest absolute Gasteiger partial charge is 0.329 e. The quantitative estimate of drug-likeness (QED) is 0.0511. The SMILES string of the molecule is CN1CCN(c2cnc(C(=O)NC3CN(C)C(=O)N3[C@@H]3CCCN(c4cnc(C(N)=O)c(Nc5ccc(C6CCN(CC7CCN(c8ccc9c(c8)n(C)c(=O)n9C8CCC(=O)NC8=O)CC7)CC6)cc5)n4)C3)c(Nc3ccc(C4CCN(C[C@H]5CCN(c6ccc7c(c6)C(=O)N(C6CCC(=O)NC6=O)C7=O)C5)CC4)cc3)n2)CC1. The highest BCUT2D eigenvalue weighted by atomic mass is 16.2. The maximum absolute atomic E-state index is 14.9. The highest BCUT2D eigenvalue weighted by Gasteiger charge is 2.47. The lowest BCUT2D eigenvalue weighted by atomic mass is 9.88. The molecule has 10 amide bonds. The molecule has 115 heavy (non-hydrogen) atoms. The van der Waals surface area contributed by atoms with E-state index in [-0.39, 0.29) is 72.2 Å². The predicted octanol–water partition coefficient (Wildman–Crippen LogP) is 5.53. The highest BCUT2D eigenvalue weighted by molar-refractivity contribution is 6.24. The number of rotatable bonds is 20. The number of piperidine rings is 6. The Bertz CT molecular complexity index is 5020. The summed E-state index contributed by atoms with van der Waals surface area (Å²) >= 11 is 0. The zero-order chi connectivity index (χ0) is 79.4. The number of likely N-dealkylation sites (N-methyl/N-ethyl adjacent to an activating group) is 2. The maximum atomic E-state index is 14.9. The van der Waals surface area contributed by atoms with Gasteiger partial charge in [0.15, 0.2) is 23.0 Å². The van der Waals surface area contributed by atoms with Gasteiger partial charge in [-0.1, -0.05) is 24.3 Å². The summed E-state index contributed by atoms with van der Waals surface area (Å²) in [4.78, 5) is 172. The van der Waals surface area contributed by atoms with Crippen LogP contribution in [0.1, 0.15) is 154 Å². The zero-order valence-corrected chi connectivity index (χ0v) is 65.4. The number of piperazine rings is 1. The molecular formula is C83H100N22O10. The molecule has 10 aliphatic heterocycles. The number of amides is 10. The summed E-state index contributed by atoms with van der Waals surface area (Å²) in [7, 11) is 5.56. The Hall–Kier alpha value is -11.4. The van der Waals surface area contributed by atoms with Crippen LogP contribution in [0.15, 0.2) is 102 Å². The molecule has 3 aromatic heterocycles. The average Bonchev–Trinajstić information content (AvgIpc) is 1.62. The monoisotopic (exact) mass is 1560 g/mol. The van der Waals surface area contributed by atoms with Crippen molar-refractivity contribution in [2.45, 2.75) is 120 Å². The number of fused-ring (bicyclic) bond motifs is 2. The fourth-order valence-electron chi connectivity index (χ4n) is 19.1. The van der Waals surface area contributed by atoms with Crippen molar-refractivity contribution in [2.24, 2.45) is 24.6 Å². The lowest BCUT2D eigenvalue weighted by Crippen LogP contribution is -2.56. The van der Waals surface area contributed by atoms with Crippen molar-refractivity contribution in [2.75, 3.05) is 156 Å². The summed E-state index contributed by atoms with van der Waals surface area (Å²) < 4.78 is 3.12. The second-order valence-corrected chi connectivity index (χ2v) is 33.0. The van der Waals surface area contributed by atoms with E-state index >= 15 is 0 Å². The minimum Gasteiger partial charge on any atom is -0.371 e. The number of aromatic nitrogens is 6. The number of imidazole rings is 1. The summed E-state index contributed by atoms with van der Waals surface area (Å²) in [5, 5.41) is 14.7. The van der Waals surface area contributed by atoms with Crippen molar-refractivity contribution in [1.29, 1.82) is 0 Å². The Morgan fingerprint density at radius 3 is 1.70 bits per heavy atom. The molecule has 7 aromatic rings. The van der Waals surface area contributed by atoms with Gasteiger partial charge in [-0.05, 0) is 199 Å². The first-order chi connectivity index (χ1) is 55.7. The Balaban J connectivity index is 0.492. The lowest BCUT2D eigenvalue weighted by molar-refractivity contribution is -0.137. The first-order valence-corrected chi connectivity index (χ1v) is 40.8. The van der Waals surface area contributed by atoms with E-state index in [0.717, 1.165) is 170 Å². The number of hydrogen-bond donors (Lipinski definition) is 6. The molecule has 17 rings (SSSR count). The molecule has 9 fully saturated rings. The van der Waals surface area contributed by atoms with Crippen LogP contribution in [0.3, 0.4) is 0 Å². The van der Waals surface area contributed by atoms with E-state index in [4.69, 9.17) is 20.7 Å². The van der Waals surface area contributed by atoms with Gasteiger partial charge in [0.25, 0.3) is 23.6 Å².